The molecule has 4 rings (SSSR count). The molecular formula is C21H17F2N5O3S. The van der Waals surface area contributed by atoms with Crippen molar-refractivity contribution in [1.82, 2.24) is 18.8 Å². The lowest BCUT2D eigenvalue weighted by molar-refractivity contribution is 0.397. The van der Waals surface area contributed by atoms with Gasteiger partial charge in [-0.2, -0.15) is 22.3 Å². The van der Waals surface area contributed by atoms with Crippen LogP contribution in [0.1, 0.15) is 5.69 Å². The molecule has 0 radical (unpaired) electrons. The summed E-state index contributed by atoms with van der Waals surface area (Å²) in [5, 5.41) is 3.98. The van der Waals surface area contributed by atoms with E-state index in [0.717, 1.165) is 12.1 Å². The van der Waals surface area contributed by atoms with Crippen LogP contribution in [0.2, 0.25) is 0 Å². The van der Waals surface area contributed by atoms with E-state index in [1.807, 2.05) is 0 Å². The molecule has 0 atom stereocenters. The summed E-state index contributed by atoms with van der Waals surface area (Å²) < 4.78 is 60.8. The third-order valence-corrected chi connectivity index (χ3v) is 6.37. The predicted octanol–water partition coefficient (Wildman–Crippen LogP) is 3.34. The number of hydrazone groups is 1. The summed E-state index contributed by atoms with van der Waals surface area (Å²) in [5.41, 5.74) is 1.86. The molecule has 0 aliphatic heterocycles. The molecule has 0 N–H and O–H groups in total. The number of pyridine rings is 2. The monoisotopic (exact) mass is 457 g/mol. The zero-order valence-corrected chi connectivity index (χ0v) is 17.8. The maximum Gasteiger partial charge on any atom is 0.282 e. The van der Waals surface area contributed by atoms with Crippen LogP contribution in [-0.2, 0) is 10.0 Å². The van der Waals surface area contributed by atoms with Crippen molar-refractivity contribution in [2.24, 2.45) is 5.10 Å². The lowest BCUT2D eigenvalue weighted by atomic mass is 10.1. The molecule has 3 aromatic heterocycles. The quantitative estimate of drug-likeness (QED) is 0.252. The van der Waals surface area contributed by atoms with Gasteiger partial charge in [-0.25, -0.2) is 14.4 Å². The average molecular weight is 457 g/mol. The highest BCUT2D eigenvalue weighted by atomic mass is 32.2. The zero-order valence-electron chi connectivity index (χ0n) is 17.0. The summed E-state index contributed by atoms with van der Waals surface area (Å²) in [5.74, 6) is -1.35. The molecule has 8 nitrogen and oxygen atoms in total. The maximum absolute atomic E-state index is 14.1. The van der Waals surface area contributed by atoms with E-state index in [4.69, 9.17) is 4.74 Å². The summed E-state index contributed by atoms with van der Waals surface area (Å²) in [6.07, 6.45) is 5.78. The van der Waals surface area contributed by atoms with Crippen molar-refractivity contribution in [1.29, 1.82) is 0 Å². The fourth-order valence-electron chi connectivity index (χ4n) is 3.05. The van der Waals surface area contributed by atoms with Crippen LogP contribution in [0.15, 0.2) is 71.1 Å². The highest BCUT2D eigenvalue weighted by Gasteiger charge is 2.24. The van der Waals surface area contributed by atoms with E-state index in [2.05, 4.69) is 15.1 Å². The first kappa shape index (κ1) is 21.4. The lowest BCUT2D eigenvalue weighted by Crippen LogP contribution is -2.22. The molecule has 4 aromatic rings. The molecule has 0 aliphatic rings. The second-order valence-corrected chi connectivity index (χ2v) is 8.57. The number of imidazole rings is 1. The molecular weight excluding hydrogens is 440 g/mol. The van der Waals surface area contributed by atoms with Gasteiger partial charge in [0, 0.05) is 30.6 Å². The number of methoxy groups -OCH3 is 1. The number of hydrogen-bond acceptors (Lipinski definition) is 6. The third kappa shape index (κ3) is 3.89. The van der Waals surface area contributed by atoms with E-state index in [0.29, 0.717) is 26.9 Å². The lowest BCUT2D eigenvalue weighted by Gasteiger charge is -2.15. The fourth-order valence-corrected chi connectivity index (χ4v) is 4.18. The Morgan fingerprint density at radius 1 is 1.16 bits per heavy atom. The molecule has 0 saturated heterocycles. The Hall–Kier alpha value is -3.86. The summed E-state index contributed by atoms with van der Waals surface area (Å²) in [4.78, 5) is 7.54. The van der Waals surface area contributed by atoms with Gasteiger partial charge in [-0.05, 0) is 42.5 Å². The summed E-state index contributed by atoms with van der Waals surface area (Å²) in [6.45, 7) is 0. The number of ether oxygens (including phenoxy) is 1. The Balaban J connectivity index is 1.69. The van der Waals surface area contributed by atoms with Crippen molar-refractivity contribution >= 4 is 21.9 Å². The molecule has 0 unspecified atom stereocenters. The first-order valence-electron chi connectivity index (χ1n) is 9.25. The van der Waals surface area contributed by atoms with Crippen LogP contribution in [0.4, 0.5) is 8.78 Å². The van der Waals surface area contributed by atoms with Crippen molar-refractivity contribution in [3.05, 3.63) is 78.5 Å². The molecule has 1 aromatic carbocycles. The van der Waals surface area contributed by atoms with Crippen LogP contribution in [0, 0.1) is 11.8 Å². The largest absolute Gasteiger partial charge is 0.495 e. The van der Waals surface area contributed by atoms with Crippen LogP contribution in [-0.4, -0.2) is 47.6 Å². The second kappa shape index (κ2) is 8.35. The number of rotatable bonds is 6. The molecule has 164 valence electrons. The average Bonchev–Trinajstić information content (AvgIpc) is 3.19. The number of fused-ring (bicyclic) bond motifs is 1. The van der Waals surface area contributed by atoms with Gasteiger partial charge in [0.1, 0.15) is 22.1 Å². The number of hydrogen-bond donors (Lipinski definition) is 0. The Morgan fingerprint density at radius 3 is 2.72 bits per heavy atom. The summed E-state index contributed by atoms with van der Waals surface area (Å²) in [7, 11) is -1.68. The molecule has 0 bridgehead atoms. The van der Waals surface area contributed by atoms with Gasteiger partial charge in [-0.15, -0.1) is 0 Å². The molecule has 3 heterocycles. The topological polar surface area (TPSA) is 89.2 Å². The Kier molecular flexibility index (Phi) is 5.57. The SMILES string of the molecule is COc1ccc(F)cc1S(=O)(=O)N(C)N=Cc1cnc2ccc(-c3cccnc3F)cn12. The second-order valence-electron chi connectivity index (χ2n) is 6.65. The van der Waals surface area contributed by atoms with Crippen LogP contribution in [0.25, 0.3) is 16.8 Å². The van der Waals surface area contributed by atoms with E-state index < -0.39 is 21.8 Å². The van der Waals surface area contributed by atoms with Crippen LogP contribution in [0.5, 0.6) is 5.75 Å². The van der Waals surface area contributed by atoms with Gasteiger partial charge in [-0.1, -0.05) is 0 Å². The molecule has 32 heavy (non-hydrogen) atoms. The summed E-state index contributed by atoms with van der Waals surface area (Å²) >= 11 is 0. The maximum atomic E-state index is 14.1. The minimum Gasteiger partial charge on any atom is -0.495 e. The number of benzene rings is 1. The number of aromatic nitrogens is 3. The highest BCUT2D eigenvalue weighted by Crippen LogP contribution is 2.27. The molecule has 0 spiro atoms. The van der Waals surface area contributed by atoms with Gasteiger partial charge < -0.3 is 4.74 Å². The Bertz CT molecular complexity index is 1440. The normalized spacial score (nSPS) is 11.9. The zero-order chi connectivity index (χ0) is 22.9. The van der Waals surface area contributed by atoms with Crippen molar-refractivity contribution in [3.63, 3.8) is 0 Å². The Morgan fingerprint density at radius 2 is 1.97 bits per heavy atom. The molecule has 11 heteroatoms. The van der Waals surface area contributed by atoms with Crippen LogP contribution in [0.3, 0.4) is 0 Å². The van der Waals surface area contributed by atoms with Gasteiger partial charge >= 0.3 is 0 Å². The van der Waals surface area contributed by atoms with Crippen molar-refractivity contribution in [3.8, 4) is 16.9 Å². The smallest absolute Gasteiger partial charge is 0.282 e. The van der Waals surface area contributed by atoms with E-state index in [1.54, 1.807) is 34.9 Å². The van der Waals surface area contributed by atoms with Crippen molar-refractivity contribution in [2.45, 2.75) is 4.90 Å². The van der Waals surface area contributed by atoms with Crippen molar-refractivity contribution in [2.75, 3.05) is 14.2 Å². The van der Waals surface area contributed by atoms with Gasteiger partial charge in [0.2, 0.25) is 5.95 Å². The van der Waals surface area contributed by atoms with Crippen LogP contribution >= 0.6 is 0 Å². The van der Waals surface area contributed by atoms with E-state index in [9.17, 15) is 17.2 Å². The van der Waals surface area contributed by atoms with Crippen molar-refractivity contribution < 1.29 is 21.9 Å². The van der Waals surface area contributed by atoms with E-state index >= 15 is 0 Å². The standard InChI is InChI=1S/C21H17F2N5O3S/c1-27(32(29,30)19-10-15(22)6-7-18(19)31-2)26-12-16-11-25-20-8-5-14(13-28(16)20)17-4-3-9-24-21(17)23/h3-13H,1-2H3. The predicted molar refractivity (Wildman–Crippen MR) is 114 cm³/mol. The van der Waals surface area contributed by atoms with E-state index in [-0.39, 0.29) is 10.6 Å². The van der Waals surface area contributed by atoms with Gasteiger partial charge in [-0.3, -0.25) is 4.40 Å². The van der Waals surface area contributed by atoms with Gasteiger partial charge in [0.25, 0.3) is 10.0 Å². The highest BCUT2D eigenvalue weighted by molar-refractivity contribution is 7.89. The minimum absolute atomic E-state index is 0.00797. The number of sulfonamides is 1. The molecule has 0 saturated carbocycles. The van der Waals surface area contributed by atoms with Gasteiger partial charge in [0.15, 0.2) is 0 Å². The number of halogens is 2. The fraction of sp³-hybridized carbons (Fsp3) is 0.0952. The minimum atomic E-state index is -4.18. The van der Waals surface area contributed by atoms with Crippen LogP contribution < -0.4 is 4.74 Å². The molecule has 0 fully saturated rings. The summed E-state index contributed by atoms with van der Waals surface area (Å²) in [6, 6.07) is 9.81. The first-order chi connectivity index (χ1) is 15.3. The van der Waals surface area contributed by atoms with Gasteiger partial charge in [0.05, 0.1) is 25.2 Å². The Labute approximate surface area is 182 Å². The molecule has 0 amide bonds. The third-order valence-electron chi connectivity index (χ3n) is 4.71. The van der Waals surface area contributed by atoms with E-state index in [1.165, 1.54) is 38.8 Å². The number of nitrogens with zero attached hydrogens (tertiary/aromatic N) is 5. The molecule has 0 aliphatic carbocycles. The first-order valence-corrected chi connectivity index (χ1v) is 10.7.